The van der Waals surface area contributed by atoms with Gasteiger partial charge in [-0.05, 0) is 37.3 Å². The van der Waals surface area contributed by atoms with Gasteiger partial charge in [-0.2, -0.15) is 0 Å². The summed E-state index contributed by atoms with van der Waals surface area (Å²) in [4.78, 5) is 12.0. The maximum absolute atomic E-state index is 12.0. The van der Waals surface area contributed by atoms with E-state index in [1.165, 1.54) is 0 Å². The molecule has 1 fully saturated rings. The van der Waals surface area contributed by atoms with E-state index in [-0.39, 0.29) is 17.9 Å². The number of hydrogen-bond donors (Lipinski definition) is 3. The molecule has 4 nitrogen and oxygen atoms in total. The Morgan fingerprint density at radius 1 is 1.40 bits per heavy atom. The highest BCUT2D eigenvalue weighted by Gasteiger charge is 2.30. The van der Waals surface area contributed by atoms with E-state index in [0.717, 1.165) is 10.6 Å². The highest BCUT2D eigenvalue weighted by molar-refractivity contribution is 6.31. The molecule has 0 spiro atoms. The molecule has 110 valence electrons. The van der Waals surface area contributed by atoms with Crippen molar-refractivity contribution in [3.8, 4) is 0 Å². The van der Waals surface area contributed by atoms with Gasteiger partial charge >= 0.3 is 0 Å². The summed E-state index contributed by atoms with van der Waals surface area (Å²) in [6, 6.07) is 7.34. The summed E-state index contributed by atoms with van der Waals surface area (Å²) in [7, 11) is 0. The Labute approximate surface area is 124 Å². The molecular formula is C15H21ClN2O2. The quantitative estimate of drug-likeness (QED) is 0.788. The molecule has 1 amide bonds. The molecular weight excluding hydrogens is 276 g/mol. The fourth-order valence-electron chi connectivity index (χ4n) is 2.59. The molecule has 0 saturated heterocycles. The maximum atomic E-state index is 12.0. The minimum atomic E-state index is -0.470. The summed E-state index contributed by atoms with van der Waals surface area (Å²) in [5.74, 6) is -0.0564. The number of rotatable bonds is 4. The molecule has 3 atom stereocenters. The Kier molecular flexibility index (Phi) is 5.40. The molecule has 4 N–H and O–H groups in total. The second-order valence-corrected chi connectivity index (χ2v) is 5.78. The fourth-order valence-corrected chi connectivity index (χ4v) is 2.82. The van der Waals surface area contributed by atoms with E-state index < -0.39 is 6.10 Å². The molecule has 0 radical (unpaired) electrons. The van der Waals surface area contributed by atoms with Crippen LogP contribution in [-0.2, 0) is 11.2 Å². The molecule has 0 aliphatic heterocycles. The lowest BCUT2D eigenvalue weighted by molar-refractivity contribution is -0.126. The minimum absolute atomic E-state index is 0.0272. The minimum Gasteiger partial charge on any atom is -0.392 e. The van der Waals surface area contributed by atoms with Gasteiger partial charge in [0, 0.05) is 23.5 Å². The molecule has 0 heterocycles. The first kappa shape index (κ1) is 15.3. The standard InChI is InChI=1S/C15H21ClN2O2/c16-12-4-2-1-3-10(12)7-8-18-15(20)11-5-6-14(19)13(17)9-11/h1-4,11,13-14,19H,5-9,17H2,(H,18,20)/t11-,13+,14+/m0/s1. The molecule has 1 saturated carbocycles. The van der Waals surface area contributed by atoms with Crippen molar-refractivity contribution in [2.75, 3.05) is 6.54 Å². The van der Waals surface area contributed by atoms with Crippen LogP contribution in [0.5, 0.6) is 0 Å². The van der Waals surface area contributed by atoms with Gasteiger partial charge in [0.1, 0.15) is 0 Å². The number of nitrogens with one attached hydrogen (secondary N) is 1. The Bertz CT molecular complexity index is 467. The van der Waals surface area contributed by atoms with E-state index in [4.69, 9.17) is 17.3 Å². The average molecular weight is 297 g/mol. The average Bonchev–Trinajstić information content (AvgIpc) is 2.44. The third-order valence-corrected chi connectivity index (χ3v) is 4.25. The van der Waals surface area contributed by atoms with Crippen LogP contribution < -0.4 is 11.1 Å². The normalized spacial score (nSPS) is 26.2. The molecule has 5 heteroatoms. The zero-order valence-corrected chi connectivity index (χ0v) is 12.1. The van der Waals surface area contributed by atoms with Gasteiger partial charge in [-0.15, -0.1) is 0 Å². The van der Waals surface area contributed by atoms with Crippen molar-refractivity contribution in [3.05, 3.63) is 34.9 Å². The third-order valence-electron chi connectivity index (χ3n) is 3.88. The topological polar surface area (TPSA) is 75.4 Å². The zero-order valence-electron chi connectivity index (χ0n) is 11.4. The van der Waals surface area contributed by atoms with Crippen LogP contribution in [0.25, 0.3) is 0 Å². The summed E-state index contributed by atoms with van der Waals surface area (Å²) in [5.41, 5.74) is 6.83. The van der Waals surface area contributed by atoms with Crippen molar-refractivity contribution in [1.82, 2.24) is 5.32 Å². The highest BCUT2D eigenvalue weighted by Crippen LogP contribution is 2.23. The van der Waals surface area contributed by atoms with Gasteiger partial charge in [-0.1, -0.05) is 29.8 Å². The van der Waals surface area contributed by atoms with E-state index in [9.17, 15) is 9.90 Å². The van der Waals surface area contributed by atoms with E-state index in [2.05, 4.69) is 5.32 Å². The number of nitrogens with two attached hydrogens (primary N) is 1. The predicted molar refractivity (Wildman–Crippen MR) is 79.5 cm³/mol. The fraction of sp³-hybridized carbons (Fsp3) is 0.533. The van der Waals surface area contributed by atoms with Gasteiger partial charge in [-0.25, -0.2) is 0 Å². The van der Waals surface area contributed by atoms with Crippen LogP contribution in [0.15, 0.2) is 24.3 Å². The molecule has 1 aromatic carbocycles. The van der Waals surface area contributed by atoms with Crippen molar-refractivity contribution in [1.29, 1.82) is 0 Å². The molecule has 20 heavy (non-hydrogen) atoms. The van der Waals surface area contributed by atoms with Crippen molar-refractivity contribution >= 4 is 17.5 Å². The lowest BCUT2D eigenvalue weighted by Crippen LogP contribution is -2.45. The van der Waals surface area contributed by atoms with Crippen LogP contribution in [0, 0.1) is 5.92 Å². The molecule has 0 unspecified atom stereocenters. The number of carbonyl (C=O) groups is 1. The number of hydrogen-bond acceptors (Lipinski definition) is 3. The summed E-state index contributed by atoms with van der Waals surface area (Å²) < 4.78 is 0. The number of carbonyl (C=O) groups excluding carboxylic acids is 1. The summed E-state index contributed by atoms with van der Waals surface area (Å²) in [6.07, 6.45) is 2.10. The van der Waals surface area contributed by atoms with E-state index in [1.807, 2.05) is 24.3 Å². The van der Waals surface area contributed by atoms with Gasteiger partial charge in [0.15, 0.2) is 0 Å². The summed E-state index contributed by atoms with van der Waals surface area (Å²) in [5, 5.41) is 13.2. The number of aliphatic hydroxyl groups excluding tert-OH is 1. The van der Waals surface area contributed by atoms with E-state index in [0.29, 0.717) is 32.2 Å². The first-order valence-electron chi connectivity index (χ1n) is 7.02. The van der Waals surface area contributed by atoms with Gasteiger partial charge in [0.2, 0.25) is 5.91 Å². The number of aliphatic hydroxyl groups is 1. The largest absolute Gasteiger partial charge is 0.392 e. The molecule has 0 aromatic heterocycles. The molecule has 1 aliphatic rings. The second-order valence-electron chi connectivity index (χ2n) is 5.37. The van der Waals surface area contributed by atoms with Gasteiger partial charge < -0.3 is 16.2 Å². The summed E-state index contributed by atoms with van der Waals surface area (Å²) >= 11 is 6.07. The van der Waals surface area contributed by atoms with Gasteiger partial charge in [0.05, 0.1) is 6.10 Å². The molecule has 2 rings (SSSR count). The van der Waals surface area contributed by atoms with Gasteiger partial charge in [0.25, 0.3) is 0 Å². The van der Waals surface area contributed by atoms with Crippen molar-refractivity contribution < 1.29 is 9.90 Å². The SMILES string of the molecule is N[C@@H]1C[C@@H](C(=O)NCCc2ccccc2Cl)CC[C@H]1O. The van der Waals surface area contributed by atoms with Crippen LogP contribution in [0.4, 0.5) is 0 Å². The van der Waals surface area contributed by atoms with Crippen LogP contribution in [0.2, 0.25) is 5.02 Å². The van der Waals surface area contributed by atoms with Gasteiger partial charge in [-0.3, -0.25) is 4.79 Å². The van der Waals surface area contributed by atoms with Crippen LogP contribution >= 0.6 is 11.6 Å². The van der Waals surface area contributed by atoms with Crippen LogP contribution in [0.1, 0.15) is 24.8 Å². The Morgan fingerprint density at radius 3 is 2.85 bits per heavy atom. The third kappa shape index (κ3) is 3.95. The smallest absolute Gasteiger partial charge is 0.223 e. The summed E-state index contributed by atoms with van der Waals surface area (Å²) in [6.45, 7) is 0.566. The number of amides is 1. The Hall–Kier alpha value is -1.10. The number of halogens is 1. The maximum Gasteiger partial charge on any atom is 0.223 e. The Balaban J connectivity index is 1.77. The lowest BCUT2D eigenvalue weighted by Gasteiger charge is -2.30. The van der Waals surface area contributed by atoms with Crippen LogP contribution in [-0.4, -0.2) is 29.7 Å². The Morgan fingerprint density at radius 2 is 2.15 bits per heavy atom. The van der Waals surface area contributed by atoms with Crippen molar-refractivity contribution in [2.45, 2.75) is 37.8 Å². The first-order chi connectivity index (χ1) is 9.58. The van der Waals surface area contributed by atoms with Crippen LogP contribution in [0.3, 0.4) is 0 Å². The predicted octanol–water partition coefficient (Wildman–Crippen LogP) is 1.49. The molecule has 1 aromatic rings. The molecule has 0 bridgehead atoms. The first-order valence-corrected chi connectivity index (χ1v) is 7.40. The highest BCUT2D eigenvalue weighted by atomic mass is 35.5. The van der Waals surface area contributed by atoms with E-state index in [1.54, 1.807) is 0 Å². The number of benzene rings is 1. The molecule has 1 aliphatic carbocycles. The van der Waals surface area contributed by atoms with E-state index >= 15 is 0 Å². The van der Waals surface area contributed by atoms with Crippen molar-refractivity contribution in [3.63, 3.8) is 0 Å². The lowest BCUT2D eigenvalue weighted by atomic mass is 9.83. The monoisotopic (exact) mass is 296 g/mol. The van der Waals surface area contributed by atoms with Crippen molar-refractivity contribution in [2.24, 2.45) is 11.7 Å². The second kappa shape index (κ2) is 7.07. The zero-order chi connectivity index (χ0) is 14.5.